The lowest BCUT2D eigenvalue weighted by atomic mass is 10.2. The molecule has 1 fully saturated rings. The molecule has 1 rings (SSSR count). The molecule has 4 N–H and O–H groups in total. The van der Waals surface area contributed by atoms with Gasteiger partial charge >= 0.3 is 5.97 Å². The van der Waals surface area contributed by atoms with Gasteiger partial charge < -0.3 is 25.8 Å². The first-order chi connectivity index (χ1) is 7.79. The van der Waals surface area contributed by atoms with E-state index >= 15 is 0 Å². The lowest BCUT2D eigenvalue weighted by Gasteiger charge is -2.18. The molecule has 94 valence electrons. The molecule has 6 nitrogen and oxygen atoms in total. The van der Waals surface area contributed by atoms with E-state index in [4.69, 9.17) is 9.84 Å². The zero-order chi connectivity index (χ0) is 11.6. The molecular formula is C10H21N3O3. The third-order valence-corrected chi connectivity index (χ3v) is 2.38. The predicted octanol–water partition coefficient (Wildman–Crippen LogP) is -1.37. The van der Waals surface area contributed by atoms with Crippen molar-refractivity contribution in [3.8, 4) is 0 Å². The summed E-state index contributed by atoms with van der Waals surface area (Å²) in [5, 5.41) is 18.4. The second kappa shape index (κ2) is 8.46. The topological polar surface area (TPSA) is 82.6 Å². The third kappa shape index (κ3) is 6.73. The van der Waals surface area contributed by atoms with Crippen LogP contribution in [-0.4, -0.2) is 63.1 Å². The molecule has 1 aliphatic rings. The number of carboxylic acids is 1. The quantitative estimate of drug-likeness (QED) is 0.469. The summed E-state index contributed by atoms with van der Waals surface area (Å²) in [6.07, 6.45) is 0.105. The van der Waals surface area contributed by atoms with E-state index in [2.05, 4.69) is 16.0 Å². The second-order valence-corrected chi connectivity index (χ2v) is 3.82. The van der Waals surface area contributed by atoms with E-state index in [9.17, 15) is 4.79 Å². The molecule has 1 unspecified atom stereocenters. The van der Waals surface area contributed by atoms with Gasteiger partial charge in [-0.25, -0.2) is 0 Å². The van der Waals surface area contributed by atoms with Gasteiger partial charge in [0.05, 0.1) is 19.6 Å². The van der Waals surface area contributed by atoms with Crippen molar-refractivity contribution in [1.82, 2.24) is 16.0 Å². The number of carboxylic acid groups (broad SMARTS) is 1. The van der Waals surface area contributed by atoms with Gasteiger partial charge in [0.2, 0.25) is 0 Å². The lowest BCUT2D eigenvalue weighted by molar-refractivity contribution is -0.138. The number of rotatable bonds is 2. The average Bonchev–Trinajstić information content (AvgIpc) is 2.21. The van der Waals surface area contributed by atoms with E-state index in [1.807, 2.05) is 0 Å². The maximum Gasteiger partial charge on any atom is 0.305 e. The summed E-state index contributed by atoms with van der Waals surface area (Å²) in [4.78, 5) is 10.6. The largest absolute Gasteiger partial charge is 0.481 e. The standard InChI is InChI=1S/C10H21N3O3/c14-10(15)7-9-8-16-6-5-12-2-1-11-3-4-13-9/h9,11-13H,1-8H2,(H,14,15). The van der Waals surface area contributed by atoms with Crippen molar-refractivity contribution >= 4 is 5.97 Å². The van der Waals surface area contributed by atoms with Crippen molar-refractivity contribution in [2.45, 2.75) is 12.5 Å². The number of nitrogens with one attached hydrogen (secondary N) is 3. The zero-order valence-electron chi connectivity index (χ0n) is 9.50. The molecule has 0 radical (unpaired) electrons. The highest BCUT2D eigenvalue weighted by atomic mass is 16.5. The van der Waals surface area contributed by atoms with Gasteiger partial charge in [-0.15, -0.1) is 0 Å². The summed E-state index contributed by atoms with van der Waals surface area (Å²) < 4.78 is 5.41. The number of hydrogen-bond acceptors (Lipinski definition) is 5. The highest BCUT2D eigenvalue weighted by Gasteiger charge is 2.12. The first-order valence-electron chi connectivity index (χ1n) is 5.73. The first-order valence-corrected chi connectivity index (χ1v) is 5.73. The molecule has 1 heterocycles. The van der Waals surface area contributed by atoms with Crippen LogP contribution in [0.4, 0.5) is 0 Å². The molecule has 1 aliphatic heterocycles. The minimum atomic E-state index is -0.792. The Bertz CT molecular complexity index is 190. The van der Waals surface area contributed by atoms with E-state index in [1.165, 1.54) is 0 Å². The predicted molar refractivity (Wildman–Crippen MR) is 60.6 cm³/mol. The summed E-state index contributed by atoms with van der Waals surface area (Å²) in [7, 11) is 0. The number of aliphatic carboxylic acids is 1. The van der Waals surface area contributed by atoms with Crippen LogP contribution < -0.4 is 16.0 Å². The maximum absolute atomic E-state index is 10.6. The Morgan fingerprint density at radius 3 is 2.62 bits per heavy atom. The Hall–Kier alpha value is -0.690. The molecule has 0 amide bonds. The van der Waals surface area contributed by atoms with Crippen LogP contribution in [0.5, 0.6) is 0 Å². The molecule has 0 spiro atoms. The molecule has 1 atom stereocenters. The van der Waals surface area contributed by atoms with Crippen LogP contribution in [0.3, 0.4) is 0 Å². The Kier molecular flexibility index (Phi) is 7.07. The van der Waals surface area contributed by atoms with Crippen molar-refractivity contribution in [2.75, 3.05) is 45.9 Å². The fraction of sp³-hybridized carbons (Fsp3) is 0.900. The fourth-order valence-corrected chi connectivity index (χ4v) is 1.56. The van der Waals surface area contributed by atoms with Gasteiger partial charge in [-0.1, -0.05) is 0 Å². The van der Waals surface area contributed by atoms with Crippen molar-refractivity contribution < 1.29 is 14.6 Å². The van der Waals surface area contributed by atoms with Crippen LogP contribution in [0.1, 0.15) is 6.42 Å². The third-order valence-electron chi connectivity index (χ3n) is 2.38. The van der Waals surface area contributed by atoms with E-state index in [-0.39, 0.29) is 12.5 Å². The van der Waals surface area contributed by atoms with Crippen molar-refractivity contribution in [2.24, 2.45) is 0 Å². The fourth-order valence-electron chi connectivity index (χ4n) is 1.56. The molecule has 0 aliphatic carbocycles. The van der Waals surface area contributed by atoms with Crippen molar-refractivity contribution in [3.63, 3.8) is 0 Å². The van der Waals surface area contributed by atoms with Crippen molar-refractivity contribution in [3.05, 3.63) is 0 Å². The zero-order valence-corrected chi connectivity index (χ0v) is 9.50. The summed E-state index contributed by atoms with van der Waals surface area (Å²) in [6, 6.07) is -0.0984. The van der Waals surface area contributed by atoms with Crippen LogP contribution in [0, 0.1) is 0 Å². The molecule has 1 saturated heterocycles. The molecule has 0 aromatic carbocycles. The van der Waals surface area contributed by atoms with E-state index in [1.54, 1.807) is 0 Å². The Balaban J connectivity index is 2.27. The van der Waals surface area contributed by atoms with E-state index in [0.29, 0.717) is 13.2 Å². The number of ether oxygens (including phenoxy) is 1. The van der Waals surface area contributed by atoms with Crippen LogP contribution in [0.25, 0.3) is 0 Å². The van der Waals surface area contributed by atoms with Crippen LogP contribution in [0.15, 0.2) is 0 Å². The highest BCUT2D eigenvalue weighted by molar-refractivity contribution is 5.67. The van der Waals surface area contributed by atoms with E-state index in [0.717, 1.165) is 32.7 Å². The molecule has 0 aromatic heterocycles. The first kappa shape index (κ1) is 13.4. The van der Waals surface area contributed by atoms with Gasteiger partial charge in [0.1, 0.15) is 0 Å². The summed E-state index contributed by atoms with van der Waals surface area (Å²) in [5.74, 6) is -0.792. The van der Waals surface area contributed by atoms with Gasteiger partial charge in [0.15, 0.2) is 0 Å². The molecule has 0 saturated carbocycles. The Morgan fingerprint density at radius 2 is 1.88 bits per heavy atom. The molecule has 16 heavy (non-hydrogen) atoms. The monoisotopic (exact) mass is 231 g/mol. The molecule has 0 aromatic rings. The summed E-state index contributed by atoms with van der Waals surface area (Å²) in [5.41, 5.74) is 0. The number of carbonyl (C=O) groups is 1. The summed E-state index contributed by atoms with van der Waals surface area (Å²) in [6.45, 7) is 5.35. The maximum atomic E-state index is 10.6. The van der Waals surface area contributed by atoms with Crippen LogP contribution in [-0.2, 0) is 9.53 Å². The normalized spacial score (nSPS) is 25.4. The van der Waals surface area contributed by atoms with Crippen LogP contribution in [0.2, 0.25) is 0 Å². The lowest BCUT2D eigenvalue weighted by Crippen LogP contribution is -2.42. The smallest absolute Gasteiger partial charge is 0.305 e. The molecular weight excluding hydrogens is 210 g/mol. The minimum Gasteiger partial charge on any atom is -0.481 e. The molecule has 6 heteroatoms. The van der Waals surface area contributed by atoms with Gasteiger partial charge in [-0.05, 0) is 0 Å². The van der Waals surface area contributed by atoms with E-state index < -0.39 is 5.97 Å². The Labute approximate surface area is 95.7 Å². The second-order valence-electron chi connectivity index (χ2n) is 3.82. The average molecular weight is 231 g/mol. The molecule has 0 bridgehead atoms. The highest BCUT2D eigenvalue weighted by Crippen LogP contribution is 1.93. The number of hydrogen-bond donors (Lipinski definition) is 4. The summed E-state index contributed by atoms with van der Waals surface area (Å²) >= 11 is 0. The Morgan fingerprint density at radius 1 is 1.19 bits per heavy atom. The van der Waals surface area contributed by atoms with Gasteiger partial charge in [0.25, 0.3) is 0 Å². The minimum absolute atomic E-state index is 0.0984. The van der Waals surface area contributed by atoms with Gasteiger partial charge in [-0.3, -0.25) is 4.79 Å². The van der Waals surface area contributed by atoms with Crippen LogP contribution >= 0.6 is 0 Å². The SMILES string of the molecule is O=C(O)CC1COCCNCCNCCN1. The van der Waals surface area contributed by atoms with Gasteiger partial charge in [-0.2, -0.15) is 0 Å². The van der Waals surface area contributed by atoms with Gasteiger partial charge in [0, 0.05) is 38.8 Å². The van der Waals surface area contributed by atoms with Crippen molar-refractivity contribution in [1.29, 1.82) is 0 Å².